The van der Waals surface area contributed by atoms with Crippen molar-refractivity contribution in [2.24, 2.45) is 0 Å². The van der Waals surface area contributed by atoms with E-state index < -0.39 is 0 Å². The van der Waals surface area contributed by atoms with Gasteiger partial charge in [-0.3, -0.25) is 9.59 Å². The van der Waals surface area contributed by atoms with E-state index in [2.05, 4.69) is 11.4 Å². The van der Waals surface area contributed by atoms with Gasteiger partial charge in [-0.2, -0.15) is 0 Å². The lowest BCUT2D eigenvalue weighted by molar-refractivity contribution is -0.132. The van der Waals surface area contributed by atoms with E-state index in [0.717, 1.165) is 29.8 Å². The number of benzene rings is 2. The number of nitrogens with zero attached hydrogens (tertiary/aromatic N) is 3. The quantitative estimate of drug-likeness (QED) is 0.651. The summed E-state index contributed by atoms with van der Waals surface area (Å²) in [5.41, 5.74) is 4.16. The molecule has 6 nitrogen and oxygen atoms in total. The van der Waals surface area contributed by atoms with Crippen molar-refractivity contribution >= 4 is 17.5 Å². The summed E-state index contributed by atoms with van der Waals surface area (Å²) in [6, 6.07) is 12.3. The van der Waals surface area contributed by atoms with Crippen molar-refractivity contribution < 1.29 is 14.0 Å². The standard InChI is InChI=1S/C25H33FN4O2/c1-4-24(31)29-13-12-22-20(18-29)6-5-7-23(22)27-16-25(32)30(15-14-28(2)3)17-19-8-10-21(26)11-9-19/h5-11,27H,4,12-18H2,1-3H3. The number of likely N-dealkylation sites (N-methyl/N-ethyl adjacent to an activating group) is 1. The number of amides is 2. The highest BCUT2D eigenvalue weighted by molar-refractivity contribution is 5.81. The van der Waals surface area contributed by atoms with Gasteiger partial charge in [0.25, 0.3) is 0 Å². The Morgan fingerprint density at radius 1 is 1.09 bits per heavy atom. The van der Waals surface area contributed by atoms with Crippen molar-refractivity contribution in [1.82, 2.24) is 14.7 Å². The minimum atomic E-state index is -0.283. The third kappa shape index (κ3) is 6.29. The predicted molar refractivity (Wildman–Crippen MR) is 125 cm³/mol. The summed E-state index contributed by atoms with van der Waals surface area (Å²) in [5, 5.41) is 3.33. The Bertz CT molecular complexity index is 930. The molecule has 172 valence electrons. The smallest absolute Gasteiger partial charge is 0.242 e. The molecule has 1 aliphatic heterocycles. The molecule has 1 aliphatic rings. The van der Waals surface area contributed by atoms with Crippen LogP contribution in [0.1, 0.15) is 30.0 Å². The van der Waals surface area contributed by atoms with Gasteiger partial charge in [-0.05, 0) is 55.4 Å². The van der Waals surface area contributed by atoms with Crippen molar-refractivity contribution in [2.75, 3.05) is 45.6 Å². The molecule has 2 aromatic rings. The van der Waals surface area contributed by atoms with Gasteiger partial charge < -0.3 is 20.0 Å². The van der Waals surface area contributed by atoms with Gasteiger partial charge in [-0.1, -0.05) is 31.2 Å². The zero-order valence-electron chi connectivity index (χ0n) is 19.2. The molecule has 1 N–H and O–H groups in total. The number of anilines is 1. The zero-order chi connectivity index (χ0) is 23.1. The van der Waals surface area contributed by atoms with Gasteiger partial charge in [0.05, 0.1) is 6.54 Å². The number of halogens is 1. The fourth-order valence-corrected chi connectivity index (χ4v) is 3.92. The van der Waals surface area contributed by atoms with Gasteiger partial charge in [0, 0.05) is 44.8 Å². The molecule has 0 atom stereocenters. The monoisotopic (exact) mass is 440 g/mol. The fraction of sp³-hybridized carbons (Fsp3) is 0.440. The van der Waals surface area contributed by atoms with Crippen LogP contribution < -0.4 is 5.32 Å². The molecule has 2 aromatic carbocycles. The van der Waals surface area contributed by atoms with E-state index in [1.807, 2.05) is 43.0 Å². The van der Waals surface area contributed by atoms with Crippen LogP contribution in [0.3, 0.4) is 0 Å². The molecule has 0 saturated heterocycles. The van der Waals surface area contributed by atoms with Crippen molar-refractivity contribution in [3.05, 3.63) is 65.0 Å². The van der Waals surface area contributed by atoms with E-state index in [4.69, 9.17) is 0 Å². The van der Waals surface area contributed by atoms with Crippen LogP contribution in [0.25, 0.3) is 0 Å². The van der Waals surface area contributed by atoms with Crippen LogP contribution in [0.15, 0.2) is 42.5 Å². The number of hydrogen-bond donors (Lipinski definition) is 1. The Labute approximate surface area is 190 Å². The maximum atomic E-state index is 13.3. The summed E-state index contributed by atoms with van der Waals surface area (Å²) in [5.74, 6) is -0.122. The van der Waals surface area contributed by atoms with Crippen molar-refractivity contribution in [2.45, 2.75) is 32.9 Å². The van der Waals surface area contributed by atoms with Crippen LogP contribution in [0.5, 0.6) is 0 Å². The van der Waals surface area contributed by atoms with E-state index >= 15 is 0 Å². The second-order valence-corrected chi connectivity index (χ2v) is 8.46. The number of fused-ring (bicyclic) bond motifs is 1. The molecule has 0 spiro atoms. The molecule has 2 amide bonds. The molecule has 0 aliphatic carbocycles. The molecule has 0 fully saturated rings. The van der Waals surface area contributed by atoms with Crippen molar-refractivity contribution in [1.29, 1.82) is 0 Å². The van der Waals surface area contributed by atoms with E-state index in [9.17, 15) is 14.0 Å². The lowest BCUT2D eigenvalue weighted by Crippen LogP contribution is -2.39. The van der Waals surface area contributed by atoms with Crippen LogP contribution in [0.4, 0.5) is 10.1 Å². The first kappa shape index (κ1) is 23.7. The zero-order valence-corrected chi connectivity index (χ0v) is 19.2. The molecule has 0 bridgehead atoms. The van der Waals surface area contributed by atoms with Crippen LogP contribution in [-0.4, -0.2) is 66.8 Å². The number of hydrogen-bond acceptors (Lipinski definition) is 4. The molecule has 0 aromatic heterocycles. The minimum Gasteiger partial charge on any atom is -0.376 e. The number of nitrogens with one attached hydrogen (secondary N) is 1. The summed E-state index contributed by atoms with van der Waals surface area (Å²) >= 11 is 0. The first-order valence-electron chi connectivity index (χ1n) is 11.2. The largest absolute Gasteiger partial charge is 0.376 e. The SMILES string of the molecule is CCC(=O)N1CCc2c(cccc2NCC(=O)N(CCN(C)C)Cc2ccc(F)cc2)C1. The molecule has 3 rings (SSSR count). The predicted octanol–water partition coefficient (Wildman–Crippen LogP) is 3.12. The van der Waals surface area contributed by atoms with Crippen LogP contribution in [-0.2, 0) is 29.1 Å². The fourth-order valence-electron chi connectivity index (χ4n) is 3.92. The molecule has 0 unspecified atom stereocenters. The highest BCUT2D eigenvalue weighted by atomic mass is 19.1. The second kappa shape index (κ2) is 11.1. The molecular formula is C25H33FN4O2. The van der Waals surface area contributed by atoms with Crippen molar-refractivity contribution in [3.8, 4) is 0 Å². The van der Waals surface area contributed by atoms with Crippen LogP contribution in [0, 0.1) is 5.82 Å². The molecule has 0 radical (unpaired) electrons. The van der Waals surface area contributed by atoms with Gasteiger partial charge in [-0.15, -0.1) is 0 Å². The Morgan fingerprint density at radius 2 is 1.84 bits per heavy atom. The molecule has 7 heteroatoms. The first-order valence-corrected chi connectivity index (χ1v) is 11.2. The number of carbonyl (C=O) groups is 2. The maximum Gasteiger partial charge on any atom is 0.242 e. The van der Waals surface area contributed by atoms with Gasteiger partial charge in [0.15, 0.2) is 0 Å². The maximum absolute atomic E-state index is 13.3. The van der Waals surface area contributed by atoms with E-state index in [0.29, 0.717) is 32.6 Å². The lowest BCUT2D eigenvalue weighted by Gasteiger charge is -2.30. The number of rotatable bonds is 9. The topological polar surface area (TPSA) is 55.9 Å². The van der Waals surface area contributed by atoms with Gasteiger partial charge >= 0.3 is 0 Å². The van der Waals surface area contributed by atoms with Crippen molar-refractivity contribution in [3.63, 3.8) is 0 Å². The van der Waals surface area contributed by atoms with Gasteiger partial charge in [-0.25, -0.2) is 4.39 Å². The Kier molecular flexibility index (Phi) is 8.22. The Morgan fingerprint density at radius 3 is 2.53 bits per heavy atom. The third-order valence-corrected chi connectivity index (χ3v) is 5.81. The minimum absolute atomic E-state index is 0.00706. The first-order chi connectivity index (χ1) is 15.4. The number of carbonyl (C=O) groups excluding carboxylic acids is 2. The van der Waals surface area contributed by atoms with E-state index in [1.165, 1.54) is 17.7 Å². The highest BCUT2D eigenvalue weighted by Gasteiger charge is 2.22. The van der Waals surface area contributed by atoms with E-state index in [-0.39, 0.29) is 24.2 Å². The summed E-state index contributed by atoms with van der Waals surface area (Å²) < 4.78 is 13.3. The average molecular weight is 441 g/mol. The summed E-state index contributed by atoms with van der Waals surface area (Å²) in [6.45, 7) is 5.16. The summed E-state index contributed by atoms with van der Waals surface area (Å²) in [6.07, 6.45) is 1.29. The van der Waals surface area contributed by atoms with Crippen LogP contribution in [0.2, 0.25) is 0 Å². The second-order valence-electron chi connectivity index (χ2n) is 8.46. The Hall–Kier alpha value is -2.93. The average Bonchev–Trinajstić information content (AvgIpc) is 2.80. The third-order valence-electron chi connectivity index (χ3n) is 5.81. The normalized spacial score (nSPS) is 13.1. The van der Waals surface area contributed by atoms with E-state index in [1.54, 1.807) is 17.0 Å². The molecular weight excluding hydrogens is 407 g/mol. The van der Waals surface area contributed by atoms with Crippen LogP contribution >= 0.6 is 0 Å². The molecule has 0 saturated carbocycles. The lowest BCUT2D eigenvalue weighted by atomic mass is 9.97. The summed E-state index contributed by atoms with van der Waals surface area (Å²) in [7, 11) is 3.95. The highest BCUT2D eigenvalue weighted by Crippen LogP contribution is 2.26. The Balaban J connectivity index is 1.66. The molecule has 32 heavy (non-hydrogen) atoms. The molecule has 1 heterocycles. The van der Waals surface area contributed by atoms with Gasteiger partial charge in [0.2, 0.25) is 11.8 Å². The van der Waals surface area contributed by atoms with Gasteiger partial charge in [0.1, 0.15) is 5.82 Å². The summed E-state index contributed by atoms with van der Waals surface area (Å²) in [4.78, 5) is 30.9.